The highest BCUT2D eigenvalue weighted by atomic mass is 16.2. The number of imide groups is 1. The number of carbonyl (C=O) groups is 2. The third kappa shape index (κ3) is 0.759. The summed E-state index contributed by atoms with van der Waals surface area (Å²) in [5.74, 6) is -0.220. The fraction of sp³-hybridized carbons (Fsp3) is 0.600. The lowest BCUT2D eigenvalue weighted by molar-refractivity contribution is -0.120. The molecule has 1 heterocycles. The summed E-state index contributed by atoms with van der Waals surface area (Å²) in [7, 11) is 1.59. The lowest BCUT2D eigenvalue weighted by Gasteiger charge is -2.08. The predicted molar refractivity (Wildman–Crippen MR) is 30.8 cm³/mol. The molecule has 1 atom stereocenters. The first-order valence-corrected chi connectivity index (χ1v) is 2.70. The van der Waals surface area contributed by atoms with Gasteiger partial charge in [0, 0.05) is 7.05 Å². The van der Waals surface area contributed by atoms with Gasteiger partial charge in [-0.05, 0) is 6.92 Å². The zero-order valence-corrected chi connectivity index (χ0v) is 5.34. The van der Waals surface area contributed by atoms with Gasteiger partial charge < -0.3 is 4.90 Å². The van der Waals surface area contributed by atoms with Crippen molar-refractivity contribution >= 4 is 11.9 Å². The molecule has 0 spiro atoms. The third-order valence-corrected chi connectivity index (χ3v) is 1.51. The largest absolute Gasteiger partial charge is 0.324 e. The summed E-state index contributed by atoms with van der Waals surface area (Å²) < 4.78 is 0. The van der Waals surface area contributed by atoms with E-state index >= 15 is 0 Å². The van der Waals surface area contributed by atoms with Crippen LogP contribution in [0.15, 0.2) is 0 Å². The first-order valence-electron chi connectivity index (χ1n) is 2.70. The molecule has 0 aliphatic carbocycles. The number of hydrogen-bond donors (Lipinski definition) is 1. The Morgan fingerprint density at radius 3 is 2.22 bits per heavy atom. The van der Waals surface area contributed by atoms with E-state index in [9.17, 15) is 9.59 Å². The van der Waals surface area contributed by atoms with E-state index in [1.54, 1.807) is 14.0 Å². The molecule has 1 unspecified atom stereocenters. The number of carbonyl (C=O) groups excluding carboxylic acids is 2. The number of nitrogens with zero attached hydrogens (tertiary/aromatic N) is 1. The van der Waals surface area contributed by atoms with Crippen LogP contribution in [0, 0.1) is 0 Å². The van der Waals surface area contributed by atoms with E-state index < -0.39 is 0 Å². The summed E-state index contributed by atoms with van der Waals surface area (Å²) in [6, 6.07) is -0.620. The zero-order chi connectivity index (χ0) is 7.02. The Bertz CT molecular complexity index is 148. The minimum absolute atomic E-state index is 0.220. The first-order chi connectivity index (χ1) is 4.13. The molecule has 9 heavy (non-hydrogen) atoms. The number of nitrogens with one attached hydrogen (secondary N) is 1. The molecule has 0 aromatic heterocycles. The standard InChI is InChI=1S/C5H8N2O2/c1-3-4(8)6-5(9)7(3)2/h3H,1-2H3,(H,6,8,9). The van der Waals surface area contributed by atoms with Gasteiger partial charge in [-0.2, -0.15) is 0 Å². The van der Waals surface area contributed by atoms with E-state index in [4.69, 9.17) is 0 Å². The van der Waals surface area contributed by atoms with Crippen molar-refractivity contribution in [3.63, 3.8) is 0 Å². The van der Waals surface area contributed by atoms with Crippen LogP contribution < -0.4 is 5.32 Å². The Morgan fingerprint density at radius 2 is 2.11 bits per heavy atom. The van der Waals surface area contributed by atoms with Crippen LogP contribution >= 0.6 is 0 Å². The molecule has 0 radical (unpaired) electrons. The lowest BCUT2D eigenvalue weighted by atomic mass is 10.3. The van der Waals surface area contributed by atoms with E-state index in [0.29, 0.717) is 0 Å². The molecule has 1 saturated heterocycles. The van der Waals surface area contributed by atoms with Crippen molar-refractivity contribution in [3.05, 3.63) is 0 Å². The zero-order valence-electron chi connectivity index (χ0n) is 5.34. The highest BCUT2D eigenvalue weighted by Crippen LogP contribution is 2.02. The highest BCUT2D eigenvalue weighted by Gasteiger charge is 2.31. The Kier molecular flexibility index (Phi) is 1.16. The minimum atomic E-state index is -0.312. The van der Waals surface area contributed by atoms with Gasteiger partial charge in [-0.25, -0.2) is 4.79 Å². The van der Waals surface area contributed by atoms with Gasteiger partial charge in [-0.3, -0.25) is 10.1 Å². The normalized spacial score (nSPS) is 26.9. The van der Waals surface area contributed by atoms with Gasteiger partial charge in [-0.15, -0.1) is 0 Å². The second-order valence-corrected chi connectivity index (χ2v) is 2.08. The first kappa shape index (κ1) is 6.07. The van der Waals surface area contributed by atoms with Crippen LogP contribution in [0.5, 0.6) is 0 Å². The van der Waals surface area contributed by atoms with Gasteiger partial charge >= 0.3 is 6.03 Å². The van der Waals surface area contributed by atoms with Crippen molar-refractivity contribution in [1.29, 1.82) is 0 Å². The number of hydrogen-bond acceptors (Lipinski definition) is 2. The molecule has 1 aliphatic heterocycles. The summed E-state index contributed by atoms with van der Waals surface area (Å²) in [4.78, 5) is 22.6. The lowest BCUT2D eigenvalue weighted by Crippen LogP contribution is -2.27. The number of urea groups is 1. The molecule has 4 heteroatoms. The van der Waals surface area contributed by atoms with Gasteiger partial charge in [0.1, 0.15) is 6.04 Å². The Hall–Kier alpha value is -1.06. The molecule has 1 rings (SSSR count). The molecule has 0 bridgehead atoms. The Balaban J connectivity index is 2.77. The number of amides is 3. The molecule has 3 amide bonds. The average molecular weight is 128 g/mol. The smallest absolute Gasteiger partial charge is 0.316 e. The molecule has 1 aliphatic rings. The maximum absolute atomic E-state index is 10.6. The van der Waals surface area contributed by atoms with E-state index in [1.807, 2.05) is 0 Å². The maximum Gasteiger partial charge on any atom is 0.324 e. The van der Waals surface area contributed by atoms with Crippen molar-refractivity contribution in [2.75, 3.05) is 7.05 Å². The summed E-state index contributed by atoms with van der Waals surface area (Å²) in [5.41, 5.74) is 0. The third-order valence-electron chi connectivity index (χ3n) is 1.51. The minimum Gasteiger partial charge on any atom is -0.316 e. The summed E-state index contributed by atoms with van der Waals surface area (Å²) in [6.45, 7) is 1.68. The fourth-order valence-electron chi connectivity index (χ4n) is 0.650. The molecular weight excluding hydrogens is 120 g/mol. The predicted octanol–water partition coefficient (Wildman–Crippen LogP) is -0.444. The van der Waals surface area contributed by atoms with Gasteiger partial charge in [0.2, 0.25) is 0 Å². The van der Waals surface area contributed by atoms with Crippen LogP contribution in [0.3, 0.4) is 0 Å². The van der Waals surface area contributed by atoms with Crippen molar-refractivity contribution in [3.8, 4) is 0 Å². The van der Waals surface area contributed by atoms with E-state index in [1.165, 1.54) is 4.90 Å². The Labute approximate surface area is 52.8 Å². The van der Waals surface area contributed by atoms with E-state index in [0.717, 1.165) is 0 Å². The summed E-state index contributed by atoms with van der Waals surface area (Å²) in [5, 5.41) is 2.16. The maximum atomic E-state index is 10.6. The van der Waals surface area contributed by atoms with Crippen molar-refractivity contribution in [2.45, 2.75) is 13.0 Å². The second-order valence-electron chi connectivity index (χ2n) is 2.08. The van der Waals surface area contributed by atoms with Crippen LogP contribution in [-0.4, -0.2) is 29.9 Å². The number of likely N-dealkylation sites (N-methyl/N-ethyl adjacent to an activating group) is 1. The molecule has 1 fully saturated rings. The van der Waals surface area contributed by atoms with Gasteiger partial charge in [-0.1, -0.05) is 0 Å². The van der Waals surface area contributed by atoms with Crippen LogP contribution in [0.2, 0.25) is 0 Å². The van der Waals surface area contributed by atoms with E-state index in [2.05, 4.69) is 5.32 Å². The van der Waals surface area contributed by atoms with Crippen molar-refractivity contribution < 1.29 is 9.59 Å². The van der Waals surface area contributed by atoms with E-state index in [-0.39, 0.29) is 18.0 Å². The van der Waals surface area contributed by atoms with Crippen molar-refractivity contribution in [1.82, 2.24) is 10.2 Å². The van der Waals surface area contributed by atoms with Crippen LogP contribution in [0.25, 0.3) is 0 Å². The van der Waals surface area contributed by atoms with Gasteiger partial charge in [0.15, 0.2) is 0 Å². The molecule has 1 N–H and O–H groups in total. The molecule has 0 aromatic carbocycles. The summed E-state index contributed by atoms with van der Waals surface area (Å²) in [6.07, 6.45) is 0. The molecular formula is C5H8N2O2. The molecule has 0 saturated carbocycles. The Morgan fingerprint density at radius 1 is 1.56 bits per heavy atom. The second kappa shape index (κ2) is 1.72. The quantitative estimate of drug-likeness (QED) is 0.449. The molecule has 50 valence electrons. The average Bonchev–Trinajstić information content (AvgIpc) is 1.98. The molecule has 0 aromatic rings. The monoisotopic (exact) mass is 128 g/mol. The number of rotatable bonds is 0. The van der Waals surface area contributed by atoms with Gasteiger partial charge in [0.05, 0.1) is 0 Å². The SMILES string of the molecule is CC1C(=O)NC(=O)N1C. The topological polar surface area (TPSA) is 49.4 Å². The van der Waals surface area contributed by atoms with Gasteiger partial charge in [0.25, 0.3) is 5.91 Å². The molecule has 4 nitrogen and oxygen atoms in total. The van der Waals surface area contributed by atoms with Crippen molar-refractivity contribution in [2.24, 2.45) is 0 Å². The fourth-order valence-corrected chi connectivity index (χ4v) is 0.650. The highest BCUT2D eigenvalue weighted by molar-refractivity contribution is 6.03. The van der Waals surface area contributed by atoms with Crippen LogP contribution in [-0.2, 0) is 4.79 Å². The van der Waals surface area contributed by atoms with Crippen LogP contribution in [0.1, 0.15) is 6.92 Å². The summed E-state index contributed by atoms with van der Waals surface area (Å²) >= 11 is 0. The van der Waals surface area contributed by atoms with Crippen LogP contribution in [0.4, 0.5) is 4.79 Å².